The summed E-state index contributed by atoms with van der Waals surface area (Å²) in [5.74, 6) is -0.185. The zero-order valence-corrected chi connectivity index (χ0v) is 9.64. The Balaban J connectivity index is 2.89. The number of nitrogens with one attached hydrogen (secondary N) is 1. The van der Waals surface area contributed by atoms with Gasteiger partial charge in [0, 0.05) is 5.02 Å². The molecule has 0 aliphatic carbocycles. The van der Waals surface area contributed by atoms with Crippen molar-refractivity contribution in [2.45, 2.75) is 19.4 Å². The van der Waals surface area contributed by atoms with Gasteiger partial charge in [0.05, 0.1) is 5.54 Å². The van der Waals surface area contributed by atoms with E-state index in [-0.39, 0.29) is 5.91 Å². The fourth-order valence-electron chi connectivity index (χ4n) is 1.30. The number of halogens is 1. The molecule has 0 saturated heterocycles. The van der Waals surface area contributed by atoms with Gasteiger partial charge in [-0.1, -0.05) is 30.3 Å². The first kappa shape index (κ1) is 11.8. The largest absolute Gasteiger partial charge is 0.344 e. The van der Waals surface area contributed by atoms with E-state index < -0.39 is 5.54 Å². The lowest BCUT2D eigenvalue weighted by Crippen LogP contribution is -2.39. The van der Waals surface area contributed by atoms with E-state index in [1.54, 1.807) is 12.1 Å². The van der Waals surface area contributed by atoms with E-state index in [1.165, 1.54) is 6.08 Å². The molecule has 1 rings (SSSR count). The monoisotopic (exact) mass is 223 g/mol. The standard InChI is InChI=1S/C12H14ClNO/c1-4-11(15)14-12(2,3)9-5-7-10(13)8-6-9/h4-8H,1H2,2-3H3,(H,14,15). The van der Waals surface area contributed by atoms with Crippen LogP contribution in [-0.2, 0) is 10.3 Å². The molecule has 0 atom stereocenters. The van der Waals surface area contributed by atoms with Crippen molar-refractivity contribution in [1.82, 2.24) is 5.32 Å². The maximum absolute atomic E-state index is 11.2. The second kappa shape index (κ2) is 4.49. The van der Waals surface area contributed by atoms with Crippen LogP contribution in [0.25, 0.3) is 0 Å². The van der Waals surface area contributed by atoms with Crippen molar-refractivity contribution in [2.24, 2.45) is 0 Å². The van der Waals surface area contributed by atoms with Crippen LogP contribution in [0.2, 0.25) is 5.02 Å². The summed E-state index contributed by atoms with van der Waals surface area (Å²) in [6, 6.07) is 7.40. The fourth-order valence-corrected chi connectivity index (χ4v) is 1.42. The first-order valence-corrected chi connectivity index (χ1v) is 5.04. The van der Waals surface area contributed by atoms with Crippen molar-refractivity contribution in [3.8, 4) is 0 Å². The summed E-state index contributed by atoms with van der Waals surface area (Å²) in [5, 5.41) is 3.53. The minimum Gasteiger partial charge on any atom is -0.344 e. The number of carbonyl (C=O) groups is 1. The zero-order chi connectivity index (χ0) is 11.5. The highest BCUT2D eigenvalue weighted by Crippen LogP contribution is 2.21. The summed E-state index contributed by atoms with van der Waals surface area (Å²) in [5.41, 5.74) is 0.581. The van der Waals surface area contributed by atoms with E-state index in [2.05, 4.69) is 11.9 Å². The summed E-state index contributed by atoms with van der Waals surface area (Å²) in [4.78, 5) is 11.2. The molecule has 2 nitrogen and oxygen atoms in total. The number of benzene rings is 1. The molecule has 0 saturated carbocycles. The molecule has 1 amide bonds. The lowest BCUT2D eigenvalue weighted by molar-refractivity contribution is -0.118. The Morgan fingerprint density at radius 1 is 1.40 bits per heavy atom. The van der Waals surface area contributed by atoms with E-state index in [0.717, 1.165) is 5.56 Å². The Morgan fingerprint density at radius 2 is 1.93 bits per heavy atom. The molecular weight excluding hydrogens is 210 g/mol. The molecule has 0 radical (unpaired) electrons. The smallest absolute Gasteiger partial charge is 0.244 e. The third-order valence-corrected chi connectivity index (χ3v) is 2.44. The minimum atomic E-state index is -0.421. The Morgan fingerprint density at radius 3 is 2.40 bits per heavy atom. The van der Waals surface area contributed by atoms with Gasteiger partial charge < -0.3 is 5.32 Å². The fraction of sp³-hybridized carbons (Fsp3) is 0.250. The van der Waals surface area contributed by atoms with Crippen LogP contribution in [0.4, 0.5) is 0 Å². The van der Waals surface area contributed by atoms with Crippen LogP contribution in [0, 0.1) is 0 Å². The molecule has 80 valence electrons. The summed E-state index contributed by atoms with van der Waals surface area (Å²) >= 11 is 5.79. The molecule has 0 spiro atoms. The van der Waals surface area contributed by atoms with Gasteiger partial charge in [0.25, 0.3) is 0 Å². The van der Waals surface area contributed by atoms with E-state index in [9.17, 15) is 4.79 Å². The topological polar surface area (TPSA) is 29.1 Å². The predicted octanol–water partition coefficient (Wildman–Crippen LogP) is 2.88. The number of hydrogen-bond donors (Lipinski definition) is 1. The molecule has 1 aromatic carbocycles. The molecule has 0 heterocycles. The number of rotatable bonds is 3. The van der Waals surface area contributed by atoms with Crippen LogP contribution >= 0.6 is 11.6 Å². The quantitative estimate of drug-likeness (QED) is 0.785. The van der Waals surface area contributed by atoms with Crippen LogP contribution in [0.15, 0.2) is 36.9 Å². The van der Waals surface area contributed by atoms with Gasteiger partial charge in [0.2, 0.25) is 5.91 Å². The lowest BCUT2D eigenvalue weighted by Gasteiger charge is -2.26. The van der Waals surface area contributed by atoms with Gasteiger partial charge in [-0.3, -0.25) is 4.79 Å². The molecule has 0 bridgehead atoms. The number of carbonyl (C=O) groups excluding carboxylic acids is 1. The summed E-state index contributed by atoms with van der Waals surface area (Å²) in [7, 11) is 0. The normalized spacial score (nSPS) is 10.9. The van der Waals surface area contributed by atoms with E-state index in [4.69, 9.17) is 11.6 Å². The van der Waals surface area contributed by atoms with Gasteiger partial charge in [-0.05, 0) is 37.6 Å². The SMILES string of the molecule is C=CC(=O)NC(C)(C)c1ccc(Cl)cc1. The Hall–Kier alpha value is -1.28. The van der Waals surface area contributed by atoms with Gasteiger partial charge in [-0.2, -0.15) is 0 Å². The molecule has 0 aliphatic rings. The molecule has 0 aromatic heterocycles. The van der Waals surface area contributed by atoms with Crippen molar-refractivity contribution in [3.05, 3.63) is 47.5 Å². The second-order valence-electron chi connectivity index (χ2n) is 3.83. The molecular formula is C12H14ClNO. The predicted molar refractivity (Wildman–Crippen MR) is 62.8 cm³/mol. The maximum Gasteiger partial charge on any atom is 0.244 e. The van der Waals surface area contributed by atoms with Gasteiger partial charge in [0.15, 0.2) is 0 Å². The van der Waals surface area contributed by atoms with Crippen molar-refractivity contribution in [3.63, 3.8) is 0 Å². The van der Waals surface area contributed by atoms with Crippen LogP contribution < -0.4 is 5.32 Å². The van der Waals surface area contributed by atoms with Gasteiger partial charge >= 0.3 is 0 Å². The first-order chi connectivity index (χ1) is 6.95. The summed E-state index contributed by atoms with van der Waals surface area (Å²) in [6.45, 7) is 7.28. The Kier molecular flexibility index (Phi) is 3.53. The lowest BCUT2D eigenvalue weighted by atomic mass is 9.94. The van der Waals surface area contributed by atoms with Crippen molar-refractivity contribution in [2.75, 3.05) is 0 Å². The molecule has 0 unspecified atom stereocenters. The van der Waals surface area contributed by atoms with E-state index >= 15 is 0 Å². The molecule has 1 aromatic rings. The van der Waals surface area contributed by atoms with E-state index in [1.807, 2.05) is 26.0 Å². The number of amides is 1. The highest BCUT2D eigenvalue weighted by atomic mass is 35.5. The number of hydrogen-bond acceptors (Lipinski definition) is 1. The molecule has 3 heteroatoms. The third kappa shape index (κ3) is 3.10. The maximum atomic E-state index is 11.2. The Bertz CT molecular complexity index is 368. The molecule has 0 aliphatic heterocycles. The average molecular weight is 224 g/mol. The minimum absolute atomic E-state index is 0.185. The van der Waals surface area contributed by atoms with Crippen LogP contribution in [0.5, 0.6) is 0 Å². The van der Waals surface area contributed by atoms with Crippen LogP contribution in [-0.4, -0.2) is 5.91 Å². The van der Waals surface area contributed by atoms with E-state index in [0.29, 0.717) is 5.02 Å². The van der Waals surface area contributed by atoms with Crippen LogP contribution in [0.1, 0.15) is 19.4 Å². The third-order valence-electron chi connectivity index (χ3n) is 2.19. The molecule has 0 fully saturated rings. The van der Waals surface area contributed by atoms with Crippen molar-refractivity contribution >= 4 is 17.5 Å². The first-order valence-electron chi connectivity index (χ1n) is 4.66. The molecule has 15 heavy (non-hydrogen) atoms. The van der Waals surface area contributed by atoms with Crippen molar-refractivity contribution < 1.29 is 4.79 Å². The van der Waals surface area contributed by atoms with Crippen LogP contribution in [0.3, 0.4) is 0 Å². The van der Waals surface area contributed by atoms with Gasteiger partial charge in [-0.15, -0.1) is 0 Å². The molecule has 1 N–H and O–H groups in total. The second-order valence-corrected chi connectivity index (χ2v) is 4.26. The van der Waals surface area contributed by atoms with Crippen molar-refractivity contribution in [1.29, 1.82) is 0 Å². The summed E-state index contributed by atoms with van der Waals surface area (Å²) < 4.78 is 0. The highest BCUT2D eigenvalue weighted by molar-refractivity contribution is 6.30. The Labute approximate surface area is 94.9 Å². The highest BCUT2D eigenvalue weighted by Gasteiger charge is 2.21. The zero-order valence-electron chi connectivity index (χ0n) is 8.88. The average Bonchev–Trinajstić information content (AvgIpc) is 2.17. The summed E-state index contributed by atoms with van der Waals surface area (Å²) in [6.07, 6.45) is 1.26. The van der Waals surface area contributed by atoms with Gasteiger partial charge in [0.1, 0.15) is 0 Å². The van der Waals surface area contributed by atoms with Gasteiger partial charge in [-0.25, -0.2) is 0 Å².